The van der Waals surface area contributed by atoms with Crippen molar-refractivity contribution >= 4 is 42.4 Å². The molecule has 0 unspecified atom stereocenters. The van der Waals surface area contributed by atoms with Crippen molar-refractivity contribution in [2.45, 2.75) is 25.3 Å². The normalized spacial score (nSPS) is 11.6. The molecule has 0 spiro atoms. The first kappa shape index (κ1) is 15.4. The zero-order valence-electron chi connectivity index (χ0n) is 10.8. The average Bonchev–Trinajstić information content (AvgIpc) is 2.76. The second-order valence-electron chi connectivity index (χ2n) is 4.28. The van der Waals surface area contributed by atoms with Gasteiger partial charge in [0.25, 0.3) is 10.0 Å². The van der Waals surface area contributed by atoms with Gasteiger partial charge in [-0.25, -0.2) is 13.4 Å². The van der Waals surface area contributed by atoms with Crippen LogP contribution in [0.5, 0.6) is 0 Å². The van der Waals surface area contributed by atoms with Crippen LogP contribution in [0.4, 0.5) is 5.13 Å². The monoisotopic (exact) mass is 376 g/mol. The Hall–Kier alpha value is -0.960. The van der Waals surface area contributed by atoms with Crippen molar-refractivity contribution < 1.29 is 13.5 Å². The lowest BCUT2D eigenvalue weighted by molar-refractivity contribution is 0.281. The van der Waals surface area contributed by atoms with E-state index < -0.39 is 10.0 Å². The lowest BCUT2D eigenvalue weighted by atomic mass is 10.1. The number of rotatable bonds is 4. The summed E-state index contributed by atoms with van der Waals surface area (Å²) in [4.78, 5) is 4.17. The van der Waals surface area contributed by atoms with Crippen LogP contribution in [-0.2, 0) is 16.6 Å². The number of anilines is 1. The van der Waals surface area contributed by atoms with Gasteiger partial charge in [0, 0.05) is 9.85 Å². The topological polar surface area (TPSA) is 79.3 Å². The van der Waals surface area contributed by atoms with Crippen LogP contribution in [0.3, 0.4) is 0 Å². The quantitative estimate of drug-likeness (QED) is 0.859. The summed E-state index contributed by atoms with van der Waals surface area (Å²) in [6, 6.07) is 3.18. The van der Waals surface area contributed by atoms with E-state index in [1.165, 1.54) is 17.4 Å². The number of thiazole rings is 1. The van der Waals surface area contributed by atoms with Crippen LogP contribution in [0.15, 0.2) is 26.9 Å². The molecule has 0 aliphatic rings. The first-order valence-corrected chi connectivity index (χ1v) is 8.84. The summed E-state index contributed by atoms with van der Waals surface area (Å²) in [5, 5.41) is 11.3. The Morgan fingerprint density at radius 1 is 1.40 bits per heavy atom. The van der Waals surface area contributed by atoms with Gasteiger partial charge in [0.1, 0.15) is 4.90 Å². The van der Waals surface area contributed by atoms with Gasteiger partial charge in [0.15, 0.2) is 5.13 Å². The van der Waals surface area contributed by atoms with Gasteiger partial charge in [-0.3, -0.25) is 4.72 Å². The summed E-state index contributed by atoms with van der Waals surface area (Å²) in [6.07, 6.45) is 0. The van der Waals surface area contributed by atoms with Gasteiger partial charge in [-0.05, 0) is 47.0 Å². The van der Waals surface area contributed by atoms with Crippen molar-refractivity contribution in [3.63, 3.8) is 0 Å². The van der Waals surface area contributed by atoms with Crippen molar-refractivity contribution in [2.24, 2.45) is 0 Å². The first-order chi connectivity index (χ1) is 9.33. The number of benzene rings is 1. The summed E-state index contributed by atoms with van der Waals surface area (Å²) in [6.45, 7) is 3.35. The lowest BCUT2D eigenvalue weighted by Crippen LogP contribution is -2.14. The van der Waals surface area contributed by atoms with Crippen LogP contribution in [0.25, 0.3) is 0 Å². The van der Waals surface area contributed by atoms with Crippen molar-refractivity contribution in [2.75, 3.05) is 4.72 Å². The molecule has 0 fully saturated rings. The molecule has 5 nitrogen and oxygen atoms in total. The second-order valence-corrected chi connectivity index (χ2v) is 7.58. The van der Waals surface area contributed by atoms with Gasteiger partial charge in [-0.15, -0.1) is 11.3 Å². The number of aromatic nitrogens is 1. The van der Waals surface area contributed by atoms with E-state index in [0.29, 0.717) is 15.2 Å². The fourth-order valence-corrected chi connectivity index (χ4v) is 4.68. The molecule has 0 aliphatic heterocycles. The number of nitrogens with one attached hydrogen (secondary N) is 1. The first-order valence-electron chi connectivity index (χ1n) is 5.68. The molecule has 20 heavy (non-hydrogen) atoms. The molecular weight excluding hydrogens is 364 g/mol. The van der Waals surface area contributed by atoms with E-state index in [1.54, 1.807) is 25.3 Å². The van der Waals surface area contributed by atoms with Crippen LogP contribution in [0.1, 0.15) is 16.8 Å². The SMILES string of the molecule is Cc1csc(NS(=O)(=O)c2cc(CO)cc(C)c2Br)n1. The van der Waals surface area contributed by atoms with Crippen molar-refractivity contribution in [3.8, 4) is 0 Å². The number of aliphatic hydroxyl groups excluding tert-OH is 1. The maximum absolute atomic E-state index is 12.4. The Morgan fingerprint density at radius 3 is 2.65 bits per heavy atom. The Balaban J connectivity index is 2.46. The smallest absolute Gasteiger partial charge is 0.264 e. The molecule has 0 saturated heterocycles. The van der Waals surface area contributed by atoms with E-state index in [0.717, 1.165) is 11.3 Å². The molecule has 2 rings (SSSR count). The van der Waals surface area contributed by atoms with Crippen LogP contribution in [0.2, 0.25) is 0 Å². The zero-order valence-corrected chi connectivity index (χ0v) is 14.1. The van der Waals surface area contributed by atoms with E-state index in [4.69, 9.17) is 0 Å². The molecule has 0 radical (unpaired) electrons. The molecular formula is C12H13BrN2O3S2. The molecule has 2 aromatic rings. The Bertz CT molecular complexity index is 741. The predicted molar refractivity (Wildman–Crippen MR) is 82.5 cm³/mol. The van der Waals surface area contributed by atoms with Crippen molar-refractivity contribution in [1.82, 2.24) is 4.98 Å². The second kappa shape index (κ2) is 5.80. The van der Waals surface area contributed by atoms with Crippen molar-refractivity contribution in [3.05, 3.63) is 38.8 Å². The highest BCUT2D eigenvalue weighted by Gasteiger charge is 2.21. The van der Waals surface area contributed by atoms with E-state index in [1.807, 2.05) is 0 Å². The molecule has 2 N–H and O–H groups in total. The highest BCUT2D eigenvalue weighted by atomic mass is 79.9. The molecule has 1 aromatic heterocycles. The summed E-state index contributed by atoms with van der Waals surface area (Å²) in [5.41, 5.74) is 2.04. The number of hydrogen-bond donors (Lipinski definition) is 2. The highest BCUT2D eigenvalue weighted by molar-refractivity contribution is 9.10. The van der Waals surface area contributed by atoms with E-state index in [9.17, 15) is 13.5 Å². The molecule has 0 aliphatic carbocycles. The van der Waals surface area contributed by atoms with Gasteiger partial charge in [-0.1, -0.05) is 6.07 Å². The fourth-order valence-electron chi connectivity index (χ4n) is 1.67. The van der Waals surface area contributed by atoms with E-state index >= 15 is 0 Å². The van der Waals surface area contributed by atoms with Crippen LogP contribution < -0.4 is 4.72 Å². The molecule has 0 bridgehead atoms. The van der Waals surface area contributed by atoms with Gasteiger partial charge in [0.2, 0.25) is 0 Å². The Labute approximate surface area is 129 Å². The highest BCUT2D eigenvalue weighted by Crippen LogP contribution is 2.29. The van der Waals surface area contributed by atoms with Gasteiger partial charge in [-0.2, -0.15) is 0 Å². The van der Waals surface area contributed by atoms with Crippen LogP contribution in [0, 0.1) is 13.8 Å². The molecule has 1 aromatic carbocycles. The number of halogens is 1. The van der Waals surface area contributed by atoms with Gasteiger partial charge < -0.3 is 5.11 Å². The lowest BCUT2D eigenvalue weighted by Gasteiger charge is -2.11. The van der Waals surface area contributed by atoms with Crippen molar-refractivity contribution in [1.29, 1.82) is 0 Å². The number of sulfonamides is 1. The molecule has 108 valence electrons. The summed E-state index contributed by atoms with van der Waals surface area (Å²) >= 11 is 4.51. The van der Waals surface area contributed by atoms with Gasteiger partial charge >= 0.3 is 0 Å². The predicted octanol–water partition coefficient (Wildman–Crippen LogP) is 2.82. The van der Waals surface area contributed by atoms with Crippen LogP contribution >= 0.6 is 27.3 Å². The molecule has 1 heterocycles. The van der Waals surface area contributed by atoms with E-state index in [2.05, 4.69) is 25.6 Å². The third-order valence-corrected chi connectivity index (χ3v) is 6.28. The van der Waals surface area contributed by atoms with E-state index in [-0.39, 0.29) is 11.5 Å². The number of aryl methyl sites for hydroxylation is 2. The number of aliphatic hydroxyl groups is 1. The largest absolute Gasteiger partial charge is 0.392 e. The molecule has 0 amide bonds. The Morgan fingerprint density at radius 2 is 2.10 bits per heavy atom. The average molecular weight is 377 g/mol. The molecule has 8 heteroatoms. The maximum atomic E-state index is 12.4. The zero-order chi connectivity index (χ0) is 14.9. The summed E-state index contributed by atoms with van der Waals surface area (Å²) in [7, 11) is -3.75. The Kier molecular flexibility index (Phi) is 4.48. The van der Waals surface area contributed by atoms with Crippen LogP contribution in [-0.4, -0.2) is 18.5 Å². The molecule has 0 atom stereocenters. The summed E-state index contributed by atoms with van der Waals surface area (Å²) in [5.74, 6) is 0. The minimum Gasteiger partial charge on any atom is -0.392 e. The third-order valence-electron chi connectivity index (χ3n) is 2.59. The summed E-state index contributed by atoms with van der Waals surface area (Å²) < 4.78 is 27.7. The maximum Gasteiger partial charge on any atom is 0.264 e. The number of nitrogens with zero attached hydrogens (tertiary/aromatic N) is 1. The number of hydrogen-bond acceptors (Lipinski definition) is 5. The fraction of sp³-hybridized carbons (Fsp3) is 0.250. The third kappa shape index (κ3) is 3.20. The molecule has 0 saturated carbocycles. The standard InChI is InChI=1S/C12H13BrN2O3S2/c1-7-3-9(5-16)4-10(11(7)13)20(17,18)15-12-14-8(2)6-19-12/h3-4,6,16H,5H2,1-2H3,(H,14,15). The van der Waals surface area contributed by atoms with Gasteiger partial charge in [0.05, 0.1) is 12.3 Å². The minimum atomic E-state index is -3.75. The minimum absolute atomic E-state index is 0.0920.